The summed E-state index contributed by atoms with van der Waals surface area (Å²) in [7, 11) is 0. The molecule has 0 aliphatic carbocycles. The zero-order valence-electron chi connectivity index (χ0n) is 26.4. The maximum absolute atomic E-state index is 12.9. The van der Waals surface area contributed by atoms with Gasteiger partial charge in [-0.2, -0.15) is 0 Å². The summed E-state index contributed by atoms with van der Waals surface area (Å²) in [6, 6.07) is 0. The van der Waals surface area contributed by atoms with E-state index < -0.39 is 65.1 Å². The first kappa shape index (κ1) is 49.6. The van der Waals surface area contributed by atoms with Gasteiger partial charge in [0.15, 0.2) is 0 Å². The zero-order valence-corrected chi connectivity index (χ0v) is 29.3. The van der Waals surface area contributed by atoms with Gasteiger partial charge in [0, 0.05) is 13.2 Å². The Kier molecular flexibility index (Phi) is 21.8. The molecular formula is C28H42F18OSn. The second-order valence-corrected chi connectivity index (χ2v) is 15.4. The number of hydrogen-bond donors (Lipinski definition) is 0. The van der Waals surface area contributed by atoms with Crippen molar-refractivity contribution in [3.8, 4) is 0 Å². The minimum atomic E-state index is -7.85. The standard InChI is InChI=1S/C20H42O.2C4F9.Sn/c1-3-5-7-9-11-13-15-17-19-21-20-18-16-14-12-10-8-6-4-2;2*5-1(6)2(7,8)3(9,10)4(11,12)13;/h3-20H2,1-2H3;;;. The number of rotatable bonds is 24. The minimum absolute atomic E-state index is 0.992. The Morgan fingerprint density at radius 2 is 0.562 bits per heavy atom. The van der Waals surface area contributed by atoms with E-state index in [0.717, 1.165) is 13.2 Å². The Hall–Kier alpha value is -0.501. The number of alkyl halides is 18. The molecule has 0 aromatic carbocycles. The van der Waals surface area contributed by atoms with Crippen LogP contribution >= 0.6 is 0 Å². The molecule has 0 saturated heterocycles. The molecule has 0 saturated carbocycles. The van der Waals surface area contributed by atoms with Crippen LogP contribution in [0.15, 0.2) is 0 Å². The van der Waals surface area contributed by atoms with Crippen molar-refractivity contribution in [1.82, 2.24) is 0 Å². The predicted molar refractivity (Wildman–Crippen MR) is 144 cm³/mol. The van der Waals surface area contributed by atoms with Gasteiger partial charge in [-0.1, -0.05) is 104 Å². The van der Waals surface area contributed by atoms with Crippen molar-refractivity contribution in [3.05, 3.63) is 0 Å². The summed E-state index contributed by atoms with van der Waals surface area (Å²) in [5, 5.41) is 0. The molecule has 0 heterocycles. The van der Waals surface area contributed by atoms with Crippen LogP contribution in [0.1, 0.15) is 117 Å². The van der Waals surface area contributed by atoms with Gasteiger partial charge >= 0.3 is 144 Å². The monoisotopic (exact) mass is 856 g/mol. The second-order valence-electron chi connectivity index (χ2n) is 11.1. The number of ether oxygens (including phenoxy) is 1. The molecule has 48 heavy (non-hydrogen) atoms. The Bertz CT molecular complexity index is 777. The van der Waals surface area contributed by atoms with E-state index in [9.17, 15) is 79.0 Å². The van der Waals surface area contributed by atoms with Crippen LogP contribution in [0.4, 0.5) is 79.0 Å². The molecule has 0 rings (SSSR count). The number of hydrogen-bond acceptors (Lipinski definition) is 1. The van der Waals surface area contributed by atoms with E-state index in [1.807, 2.05) is 0 Å². The van der Waals surface area contributed by atoms with E-state index in [1.54, 1.807) is 0 Å². The van der Waals surface area contributed by atoms with Crippen molar-refractivity contribution in [2.75, 3.05) is 13.2 Å². The van der Waals surface area contributed by atoms with Gasteiger partial charge in [-0.15, -0.1) is 0 Å². The molecule has 0 amide bonds. The fourth-order valence-electron chi connectivity index (χ4n) is 3.88. The molecule has 0 aliphatic heterocycles. The second kappa shape index (κ2) is 21.1. The Balaban J connectivity index is 0. The van der Waals surface area contributed by atoms with E-state index in [2.05, 4.69) is 13.8 Å². The SMILES string of the molecule is CCCCCCCCCCOCCCCCCCCCC.FC(F)(F)C(F)(F)C(F)(F)[C](F)(F)[Sn][C](F)(F)C(F)(F)C(F)(F)C(F)(F)F. The van der Waals surface area contributed by atoms with Gasteiger partial charge in [0.2, 0.25) is 0 Å². The van der Waals surface area contributed by atoms with Gasteiger partial charge in [0.1, 0.15) is 0 Å². The third-order valence-corrected chi connectivity index (χ3v) is 10.5. The van der Waals surface area contributed by atoms with E-state index >= 15 is 0 Å². The normalized spacial score (nSPS) is 14.2. The molecule has 0 unspecified atom stereocenters. The van der Waals surface area contributed by atoms with Gasteiger partial charge in [-0.05, 0) is 12.8 Å². The fourth-order valence-corrected chi connectivity index (χ4v) is 6.80. The van der Waals surface area contributed by atoms with Crippen LogP contribution in [0.5, 0.6) is 0 Å². The quantitative estimate of drug-likeness (QED) is 0.0534. The zero-order chi connectivity index (χ0) is 38.1. The van der Waals surface area contributed by atoms with Crippen molar-refractivity contribution in [1.29, 1.82) is 0 Å². The molecular weight excluding hydrogens is 813 g/mol. The molecule has 0 aromatic heterocycles. The summed E-state index contributed by atoms with van der Waals surface area (Å²) in [4.78, 5) is 0. The van der Waals surface area contributed by atoms with E-state index in [-0.39, 0.29) is 0 Å². The number of unbranched alkanes of at least 4 members (excludes halogenated alkanes) is 14. The van der Waals surface area contributed by atoms with Gasteiger partial charge in [-0.25, -0.2) is 0 Å². The van der Waals surface area contributed by atoms with Crippen LogP contribution in [0.2, 0.25) is 0 Å². The average molecular weight is 855 g/mol. The first-order valence-corrected chi connectivity index (χ1v) is 18.2. The fraction of sp³-hybridized carbons (Fsp3) is 1.00. The average Bonchev–Trinajstić information content (AvgIpc) is 2.93. The summed E-state index contributed by atoms with van der Waals surface area (Å²) in [6.07, 6.45) is 7.16. The first-order chi connectivity index (χ1) is 21.6. The van der Waals surface area contributed by atoms with Gasteiger partial charge in [0.25, 0.3) is 0 Å². The van der Waals surface area contributed by atoms with Crippen LogP contribution in [-0.4, -0.2) is 78.3 Å². The van der Waals surface area contributed by atoms with E-state index in [1.165, 1.54) is 103 Å². The van der Waals surface area contributed by atoms with Crippen molar-refractivity contribution < 1.29 is 83.8 Å². The molecule has 0 fully saturated rings. The summed E-state index contributed by atoms with van der Waals surface area (Å²) >= 11 is -6.91. The van der Waals surface area contributed by atoms with Gasteiger partial charge in [-0.3, -0.25) is 0 Å². The third-order valence-electron chi connectivity index (χ3n) is 6.89. The molecule has 0 aliphatic rings. The van der Waals surface area contributed by atoms with E-state index in [0.29, 0.717) is 0 Å². The van der Waals surface area contributed by atoms with Crippen molar-refractivity contribution in [2.24, 2.45) is 0 Å². The molecule has 2 radical (unpaired) electrons. The van der Waals surface area contributed by atoms with Crippen molar-refractivity contribution in [2.45, 2.75) is 161 Å². The molecule has 0 aromatic rings. The molecule has 0 N–H and O–H groups in total. The van der Waals surface area contributed by atoms with Crippen molar-refractivity contribution >= 4 is 21.1 Å². The predicted octanol–water partition coefficient (Wildman–Crippen LogP) is 12.8. The van der Waals surface area contributed by atoms with Crippen LogP contribution < -0.4 is 0 Å². The third kappa shape index (κ3) is 15.0. The summed E-state index contributed by atoms with van der Waals surface area (Å²) in [6.45, 7) is 6.55. The molecule has 0 atom stereocenters. The maximum atomic E-state index is 12.9. The molecule has 0 spiro atoms. The van der Waals surface area contributed by atoms with Crippen LogP contribution in [0.25, 0.3) is 0 Å². The first-order valence-electron chi connectivity index (χ1n) is 15.4. The Labute approximate surface area is 278 Å². The summed E-state index contributed by atoms with van der Waals surface area (Å²) in [5.41, 5.74) is 0. The molecule has 1 nitrogen and oxygen atoms in total. The van der Waals surface area contributed by atoms with Crippen LogP contribution in [0.3, 0.4) is 0 Å². The molecule has 0 bridgehead atoms. The Morgan fingerprint density at radius 3 is 0.792 bits per heavy atom. The van der Waals surface area contributed by atoms with Crippen molar-refractivity contribution in [3.63, 3.8) is 0 Å². The van der Waals surface area contributed by atoms with Gasteiger partial charge < -0.3 is 4.74 Å². The number of halogens is 18. The summed E-state index contributed by atoms with van der Waals surface area (Å²) < 4.78 is 214. The summed E-state index contributed by atoms with van der Waals surface area (Å²) in [5.74, 6) is -31.3. The van der Waals surface area contributed by atoms with E-state index in [4.69, 9.17) is 4.74 Å². The topological polar surface area (TPSA) is 9.23 Å². The molecule has 290 valence electrons. The van der Waals surface area contributed by atoms with Gasteiger partial charge in [0.05, 0.1) is 0 Å². The van der Waals surface area contributed by atoms with Crippen LogP contribution in [-0.2, 0) is 4.74 Å². The van der Waals surface area contributed by atoms with Crippen LogP contribution in [0, 0.1) is 0 Å². The Morgan fingerprint density at radius 1 is 0.333 bits per heavy atom. The molecule has 20 heteroatoms.